The first-order chi connectivity index (χ1) is 8.25. The van der Waals surface area contributed by atoms with Crippen molar-refractivity contribution in [2.24, 2.45) is 0 Å². The quantitative estimate of drug-likeness (QED) is 0.850. The standard InChI is InChI=1S/C11H12N2O2S2/c14-10-9-8(3-5-17-9)12-11(16)13(10)6-7-2-1-4-15-7/h3,5,7H,1-2,4,6H2,(H,12,16)/t7-/m0/s1. The predicted molar refractivity (Wildman–Crippen MR) is 70.2 cm³/mol. The number of nitrogens with zero attached hydrogens (tertiary/aromatic N) is 1. The number of hydrogen-bond donors (Lipinski definition) is 1. The molecule has 0 spiro atoms. The van der Waals surface area contributed by atoms with Crippen LogP contribution < -0.4 is 5.56 Å². The van der Waals surface area contributed by atoms with E-state index in [2.05, 4.69) is 4.98 Å². The molecule has 2 aromatic rings. The molecule has 17 heavy (non-hydrogen) atoms. The Hall–Kier alpha value is -0.980. The number of thiophene rings is 1. The highest BCUT2D eigenvalue weighted by Crippen LogP contribution is 2.16. The predicted octanol–water partition coefficient (Wildman–Crippen LogP) is 2.30. The van der Waals surface area contributed by atoms with Crippen molar-refractivity contribution in [2.45, 2.75) is 25.5 Å². The monoisotopic (exact) mass is 268 g/mol. The van der Waals surface area contributed by atoms with E-state index < -0.39 is 0 Å². The van der Waals surface area contributed by atoms with Gasteiger partial charge in [-0.3, -0.25) is 9.36 Å². The largest absolute Gasteiger partial charge is 0.376 e. The van der Waals surface area contributed by atoms with Gasteiger partial charge in [0.15, 0.2) is 4.77 Å². The normalized spacial score (nSPS) is 20.1. The molecular weight excluding hydrogens is 256 g/mol. The van der Waals surface area contributed by atoms with Crippen molar-refractivity contribution >= 4 is 33.8 Å². The number of H-pyrrole nitrogens is 1. The van der Waals surface area contributed by atoms with Crippen LogP contribution in [0.15, 0.2) is 16.2 Å². The molecule has 0 aliphatic carbocycles. The summed E-state index contributed by atoms with van der Waals surface area (Å²) in [7, 11) is 0. The number of hydrogen-bond acceptors (Lipinski definition) is 4. The lowest BCUT2D eigenvalue weighted by atomic mass is 10.2. The third kappa shape index (κ3) is 1.96. The van der Waals surface area contributed by atoms with Crippen LogP contribution in [0.2, 0.25) is 0 Å². The van der Waals surface area contributed by atoms with E-state index in [9.17, 15) is 4.79 Å². The van der Waals surface area contributed by atoms with Gasteiger partial charge in [0, 0.05) is 6.61 Å². The second-order valence-electron chi connectivity index (χ2n) is 4.14. The Labute approximate surface area is 107 Å². The van der Waals surface area contributed by atoms with Gasteiger partial charge < -0.3 is 9.72 Å². The third-order valence-corrected chi connectivity index (χ3v) is 4.23. The molecule has 1 atom stereocenters. The van der Waals surface area contributed by atoms with E-state index in [1.807, 2.05) is 11.4 Å². The molecule has 3 rings (SSSR count). The van der Waals surface area contributed by atoms with E-state index in [0.29, 0.717) is 11.3 Å². The third-order valence-electron chi connectivity index (χ3n) is 3.00. The molecule has 0 unspecified atom stereocenters. The Morgan fingerprint density at radius 3 is 3.29 bits per heavy atom. The van der Waals surface area contributed by atoms with Gasteiger partial charge >= 0.3 is 0 Å². The van der Waals surface area contributed by atoms with Gasteiger partial charge in [-0.05, 0) is 36.5 Å². The summed E-state index contributed by atoms with van der Waals surface area (Å²) >= 11 is 6.67. The smallest absolute Gasteiger partial charge is 0.272 e. The Kier molecular flexibility index (Phi) is 2.85. The van der Waals surface area contributed by atoms with Gasteiger partial charge in [0.25, 0.3) is 5.56 Å². The molecule has 1 N–H and O–H groups in total. The molecule has 1 aliphatic rings. The van der Waals surface area contributed by atoms with Crippen LogP contribution >= 0.6 is 23.6 Å². The van der Waals surface area contributed by atoms with Gasteiger partial charge in [-0.25, -0.2) is 0 Å². The molecule has 1 fully saturated rings. The maximum absolute atomic E-state index is 12.2. The lowest BCUT2D eigenvalue weighted by Gasteiger charge is -2.11. The fraction of sp³-hybridized carbons (Fsp3) is 0.455. The van der Waals surface area contributed by atoms with E-state index in [1.165, 1.54) is 11.3 Å². The average molecular weight is 268 g/mol. The summed E-state index contributed by atoms with van der Waals surface area (Å²) in [4.78, 5) is 15.3. The van der Waals surface area contributed by atoms with E-state index in [-0.39, 0.29) is 11.7 Å². The Balaban J connectivity index is 2.08. The first-order valence-electron chi connectivity index (χ1n) is 5.57. The highest BCUT2D eigenvalue weighted by Gasteiger charge is 2.18. The number of rotatable bonds is 2. The van der Waals surface area contributed by atoms with Crippen molar-refractivity contribution in [3.05, 3.63) is 26.6 Å². The van der Waals surface area contributed by atoms with Gasteiger partial charge in [-0.15, -0.1) is 11.3 Å². The molecule has 90 valence electrons. The minimum atomic E-state index is -0.00532. The van der Waals surface area contributed by atoms with E-state index in [1.54, 1.807) is 4.57 Å². The first-order valence-corrected chi connectivity index (χ1v) is 6.86. The van der Waals surface area contributed by atoms with Crippen molar-refractivity contribution in [3.8, 4) is 0 Å². The average Bonchev–Trinajstić information content (AvgIpc) is 2.94. The minimum absolute atomic E-state index is 0.00532. The number of ether oxygens (including phenoxy) is 1. The van der Waals surface area contributed by atoms with Crippen LogP contribution in [0.4, 0.5) is 0 Å². The second kappa shape index (κ2) is 4.36. The summed E-state index contributed by atoms with van der Waals surface area (Å²) in [5, 5.41) is 1.90. The summed E-state index contributed by atoms with van der Waals surface area (Å²) in [5.74, 6) is 0. The summed E-state index contributed by atoms with van der Waals surface area (Å²) in [6, 6.07) is 1.88. The van der Waals surface area contributed by atoms with Crippen molar-refractivity contribution in [1.82, 2.24) is 9.55 Å². The molecule has 4 nitrogen and oxygen atoms in total. The van der Waals surface area contributed by atoms with Crippen molar-refractivity contribution in [2.75, 3.05) is 6.61 Å². The van der Waals surface area contributed by atoms with Crippen LogP contribution in [0.3, 0.4) is 0 Å². The number of aromatic amines is 1. The lowest BCUT2D eigenvalue weighted by molar-refractivity contribution is 0.0957. The molecule has 0 amide bonds. The molecular formula is C11H12N2O2S2. The number of aromatic nitrogens is 2. The van der Waals surface area contributed by atoms with Crippen LogP contribution in [-0.4, -0.2) is 22.3 Å². The second-order valence-corrected chi connectivity index (χ2v) is 5.45. The summed E-state index contributed by atoms with van der Waals surface area (Å²) in [5.41, 5.74) is 0.822. The maximum Gasteiger partial charge on any atom is 0.272 e. The van der Waals surface area contributed by atoms with Gasteiger partial charge in [0.2, 0.25) is 0 Å². The van der Waals surface area contributed by atoms with Gasteiger partial charge in [-0.1, -0.05) is 0 Å². The van der Waals surface area contributed by atoms with E-state index >= 15 is 0 Å². The molecule has 3 heterocycles. The summed E-state index contributed by atoms with van der Waals surface area (Å²) in [6.07, 6.45) is 2.20. The molecule has 0 bridgehead atoms. The topological polar surface area (TPSA) is 47.0 Å². The zero-order valence-electron chi connectivity index (χ0n) is 9.14. The van der Waals surface area contributed by atoms with E-state index in [0.717, 1.165) is 29.7 Å². The highest BCUT2D eigenvalue weighted by atomic mass is 32.1. The zero-order chi connectivity index (χ0) is 11.8. The number of fused-ring (bicyclic) bond motifs is 1. The van der Waals surface area contributed by atoms with Crippen molar-refractivity contribution < 1.29 is 4.74 Å². The molecule has 2 aromatic heterocycles. The van der Waals surface area contributed by atoms with Crippen LogP contribution in [0, 0.1) is 4.77 Å². The molecule has 1 aliphatic heterocycles. The molecule has 6 heteroatoms. The summed E-state index contributed by atoms with van der Waals surface area (Å²) in [6.45, 7) is 1.35. The van der Waals surface area contributed by atoms with Crippen LogP contribution in [0.5, 0.6) is 0 Å². The van der Waals surface area contributed by atoms with E-state index in [4.69, 9.17) is 17.0 Å². The Morgan fingerprint density at radius 1 is 1.65 bits per heavy atom. The molecule has 0 radical (unpaired) electrons. The number of nitrogens with one attached hydrogen (secondary N) is 1. The summed E-state index contributed by atoms with van der Waals surface area (Å²) < 4.78 is 8.37. The van der Waals surface area contributed by atoms with Gasteiger partial charge in [0.1, 0.15) is 4.70 Å². The fourth-order valence-electron chi connectivity index (χ4n) is 2.13. The Bertz CT molecular complexity index is 649. The van der Waals surface area contributed by atoms with Gasteiger partial charge in [-0.2, -0.15) is 0 Å². The minimum Gasteiger partial charge on any atom is -0.376 e. The molecule has 0 saturated carbocycles. The van der Waals surface area contributed by atoms with Crippen LogP contribution in [0.1, 0.15) is 12.8 Å². The zero-order valence-corrected chi connectivity index (χ0v) is 10.8. The molecule has 0 aromatic carbocycles. The van der Waals surface area contributed by atoms with Gasteiger partial charge in [0.05, 0.1) is 18.2 Å². The van der Waals surface area contributed by atoms with Crippen LogP contribution in [-0.2, 0) is 11.3 Å². The fourth-order valence-corrected chi connectivity index (χ4v) is 3.19. The lowest BCUT2D eigenvalue weighted by Crippen LogP contribution is -2.27. The van der Waals surface area contributed by atoms with Crippen LogP contribution in [0.25, 0.3) is 10.2 Å². The highest BCUT2D eigenvalue weighted by molar-refractivity contribution is 7.71. The first kappa shape index (κ1) is 11.1. The molecule has 1 saturated heterocycles. The van der Waals surface area contributed by atoms with Crippen molar-refractivity contribution in [1.29, 1.82) is 0 Å². The SMILES string of the molecule is O=c1c2sccc2[nH]c(=S)n1C[C@@H]1CCCO1. The maximum atomic E-state index is 12.2. The van der Waals surface area contributed by atoms with Crippen molar-refractivity contribution in [3.63, 3.8) is 0 Å². The Morgan fingerprint density at radius 2 is 2.53 bits per heavy atom.